The van der Waals surface area contributed by atoms with E-state index in [2.05, 4.69) is 27.3 Å². The minimum atomic E-state index is -1.15. The van der Waals surface area contributed by atoms with Crippen LogP contribution in [0.25, 0.3) is 0 Å². The van der Waals surface area contributed by atoms with Gasteiger partial charge in [-0.05, 0) is 25.1 Å². The maximum absolute atomic E-state index is 12.3. The highest BCUT2D eigenvalue weighted by molar-refractivity contribution is 5.92. The van der Waals surface area contributed by atoms with E-state index < -0.39 is 23.0 Å². The molecule has 0 aromatic heterocycles. The molecule has 2 unspecified atom stereocenters. The average molecular weight is 492 g/mol. The molecule has 0 spiro atoms. The summed E-state index contributed by atoms with van der Waals surface area (Å²) < 4.78 is 0. The van der Waals surface area contributed by atoms with Gasteiger partial charge in [0.25, 0.3) is 5.69 Å². The van der Waals surface area contributed by atoms with Crippen LogP contribution in [0.4, 0.5) is 5.69 Å². The van der Waals surface area contributed by atoms with Gasteiger partial charge in [-0.3, -0.25) is 10.1 Å². The van der Waals surface area contributed by atoms with Gasteiger partial charge in [0.15, 0.2) is 5.96 Å². The highest BCUT2D eigenvalue weighted by atomic mass is 16.6. The van der Waals surface area contributed by atoms with Crippen molar-refractivity contribution in [3.63, 3.8) is 0 Å². The number of carboxylic acid groups (broad SMARTS) is 1. The Bertz CT molecular complexity index is 1270. The van der Waals surface area contributed by atoms with Crippen molar-refractivity contribution in [1.82, 2.24) is 15.1 Å². The molecule has 2 aromatic rings. The van der Waals surface area contributed by atoms with Gasteiger partial charge in [-0.15, -0.1) is 0 Å². The maximum Gasteiger partial charge on any atom is 0.334 e. The van der Waals surface area contributed by atoms with E-state index >= 15 is 0 Å². The Hall–Kier alpha value is -4.38. The second-order valence-electron chi connectivity index (χ2n) is 8.90. The number of fused-ring (bicyclic) bond motifs is 1. The highest BCUT2D eigenvalue weighted by Crippen LogP contribution is 2.42. The molecule has 11 nitrogen and oxygen atoms in total. The van der Waals surface area contributed by atoms with Gasteiger partial charge >= 0.3 is 5.97 Å². The number of rotatable bonds is 8. The summed E-state index contributed by atoms with van der Waals surface area (Å²) in [6, 6.07) is 16.0. The fourth-order valence-corrected chi connectivity index (χ4v) is 4.75. The number of nitrogens with zero attached hydrogens (tertiary/aromatic N) is 4. The first-order valence-electron chi connectivity index (χ1n) is 11.4. The third-order valence-electron chi connectivity index (χ3n) is 6.45. The van der Waals surface area contributed by atoms with Gasteiger partial charge in [-0.25, -0.2) is 4.79 Å². The van der Waals surface area contributed by atoms with Crippen molar-refractivity contribution in [3.05, 3.63) is 98.5 Å². The molecule has 0 amide bonds. The highest BCUT2D eigenvalue weighted by Gasteiger charge is 2.43. The van der Waals surface area contributed by atoms with E-state index in [1.807, 2.05) is 30.1 Å². The van der Waals surface area contributed by atoms with Crippen molar-refractivity contribution in [1.29, 1.82) is 0 Å². The van der Waals surface area contributed by atoms with Crippen LogP contribution >= 0.6 is 0 Å². The van der Waals surface area contributed by atoms with E-state index in [1.54, 1.807) is 13.0 Å². The molecule has 4 rings (SSSR count). The normalized spacial score (nSPS) is 19.6. The Kier molecular flexibility index (Phi) is 6.93. The first-order chi connectivity index (χ1) is 17.2. The van der Waals surface area contributed by atoms with Gasteiger partial charge < -0.3 is 31.7 Å². The average Bonchev–Trinajstić information content (AvgIpc) is 2.83. The number of aliphatic imine (C=N–C) groups is 1. The topological polar surface area (TPSA) is 163 Å². The van der Waals surface area contributed by atoms with E-state index in [0.717, 1.165) is 6.54 Å². The number of non-ortho nitro benzene ring substituents is 1. The van der Waals surface area contributed by atoms with Crippen LogP contribution in [0, 0.1) is 10.1 Å². The van der Waals surface area contributed by atoms with E-state index in [-0.39, 0.29) is 23.0 Å². The predicted octanol–water partition coefficient (Wildman–Crippen LogP) is 1.90. The van der Waals surface area contributed by atoms with Crippen LogP contribution in [0.3, 0.4) is 0 Å². The fraction of sp³-hybridized carbons (Fsp3) is 0.280. The summed E-state index contributed by atoms with van der Waals surface area (Å²) in [7, 11) is 2.00. The van der Waals surface area contributed by atoms with Gasteiger partial charge in [-0.1, -0.05) is 42.5 Å². The number of benzene rings is 2. The Morgan fingerprint density at radius 2 is 1.94 bits per heavy atom. The number of hydrogen-bond donors (Lipinski definition) is 4. The van der Waals surface area contributed by atoms with Crippen LogP contribution in [0.15, 0.2) is 82.3 Å². The SMILES string of the molecule is CC1=C(C(=O)O)C(c2cccc([N+](=O)[O-])c2)C2=C(N)N=C(N)N(CCN(C)Cc3ccccc3)C2N1. The van der Waals surface area contributed by atoms with Crippen molar-refractivity contribution in [2.75, 3.05) is 20.1 Å². The van der Waals surface area contributed by atoms with Gasteiger partial charge in [0.05, 0.1) is 10.5 Å². The minimum absolute atomic E-state index is 0.0570. The number of aliphatic carboxylic acids is 1. The molecule has 188 valence electrons. The number of carboxylic acids is 1. The number of nitrogens with two attached hydrogens (primary N) is 2. The number of hydrogen-bond acceptors (Lipinski definition) is 9. The van der Waals surface area contributed by atoms with E-state index in [0.29, 0.717) is 29.9 Å². The third kappa shape index (κ3) is 4.86. The molecule has 0 saturated heterocycles. The molecule has 0 radical (unpaired) electrons. The molecule has 0 bridgehead atoms. The van der Waals surface area contributed by atoms with Crippen molar-refractivity contribution in [2.24, 2.45) is 16.5 Å². The zero-order valence-corrected chi connectivity index (χ0v) is 20.1. The molecule has 6 N–H and O–H groups in total. The van der Waals surface area contributed by atoms with Crippen molar-refractivity contribution >= 4 is 17.6 Å². The summed E-state index contributed by atoms with van der Waals surface area (Å²) in [6.45, 7) is 3.55. The van der Waals surface area contributed by atoms with Crippen LogP contribution < -0.4 is 16.8 Å². The molecule has 2 aliphatic heterocycles. The van der Waals surface area contributed by atoms with E-state index in [1.165, 1.54) is 23.8 Å². The summed E-state index contributed by atoms with van der Waals surface area (Å²) in [5, 5.41) is 24.7. The third-order valence-corrected chi connectivity index (χ3v) is 6.45. The number of nitrogens with one attached hydrogen (secondary N) is 1. The molecule has 0 saturated carbocycles. The number of likely N-dealkylation sites (N-methyl/N-ethyl adjacent to an activating group) is 1. The van der Waals surface area contributed by atoms with Crippen molar-refractivity contribution in [3.8, 4) is 0 Å². The smallest absolute Gasteiger partial charge is 0.334 e. The van der Waals surface area contributed by atoms with Crippen LogP contribution in [-0.2, 0) is 11.3 Å². The molecule has 11 heteroatoms. The minimum Gasteiger partial charge on any atom is -0.478 e. The fourth-order valence-electron chi connectivity index (χ4n) is 4.75. The Balaban J connectivity index is 1.68. The van der Waals surface area contributed by atoms with Crippen molar-refractivity contribution < 1.29 is 14.8 Å². The monoisotopic (exact) mass is 491 g/mol. The van der Waals surface area contributed by atoms with Gasteiger partial charge in [0, 0.05) is 49.0 Å². The summed E-state index contributed by atoms with van der Waals surface area (Å²) in [5.74, 6) is -1.67. The number of allylic oxidation sites excluding steroid dienone is 1. The Morgan fingerprint density at radius 1 is 1.22 bits per heavy atom. The molecule has 0 aliphatic carbocycles. The first-order valence-corrected chi connectivity index (χ1v) is 11.4. The molecule has 2 atom stereocenters. The van der Waals surface area contributed by atoms with Gasteiger partial charge in [0.1, 0.15) is 12.0 Å². The molecule has 2 aromatic carbocycles. The maximum atomic E-state index is 12.3. The molecule has 2 heterocycles. The zero-order valence-electron chi connectivity index (χ0n) is 20.1. The standard InChI is InChI=1S/C25H29N7O4/c1-15-19(24(33)34)20(17-9-6-10-18(13-17)32(35)36)21-22(26)29-25(27)31(23(21)28-15)12-11-30(2)14-16-7-4-3-5-8-16/h3-10,13,20,23,28H,11-12,14,26H2,1-2H3,(H2,27,29)(H,33,34). The molecule has 0 fully saturated rings. The Labute approximate surface area is 208 Å². The van der Waals surface area contributed by atoms with Crippen LogP contribution in [0.1, 0.15) is 24.0 Å². The molecular weight excluding hydrogens is 462 g/mol. The number of nitro benzene ring substituents is 1. The second-order valence-corrected chi connectivity index (χ2v) is 8.90. The van der Waals surface area contributed by atoms with Crippen molar-refractivity contribution in [2.45, 2.75) is 25.6 Å². The zero-order chi connectivity index (χ0) is 26.0. The van der Waals surface area contributed by atoms with Crippen LogP contribution in [0.5, 0.6) is 0 Å². The van der Waals surface area contributed by atoms with E-state index in [9.17, 15) is 20.0 Å². The van der Waals surface area contributed by atoms with E-state index in [4.69, 9.17) is 11.5 Å². The lowest BCUT2D eigenvalue weighted by Gasteiger charge is -2.44. The van der Waals surface area contributed by atoms with Crippen LogP contribution in [0.2, 0.25) is 0 Å². The van der Waals surface area contributed by atoms with Gasteiger partial charge in [0.2, 0.25) is 0 Å². The van der Waals surface area contributed by atoms with Gasteiger partial charge in [-0.2, -0.15) is 4.99 Å². The number of carbonyl (C=O) groups is 1. The lowest BCUT2D eigenvalue weighted by atomic mass is 9.78. The quantitative estimate of drug-likeness (QED) is 0.319. The largest absolute Gasteiger partial charge is 0.478 e. The number of guanidine groups is 1. The lowest BCUT2D eigenvalue weighted by Crippen LogP contribution is -2.59. The summed E-state index contributed by atoms with van der Waals surface area (Å²) >= 11 is 0. The molecular formula is C25H29N7O4. The lowest BCUT2D eigenvalue weighted by molar-refractivity contribution is -0.384. The Morgan fingerprint density at radius 3 is 2.61 bits per heavy atom. The predicted molar refractivity (Wildman–Crippen MR) is 135 cm³/mol. The molecule has 2 aliphatic rings. The summed E-state index contributed by atoms with van der Waals surface area (Å²) in [4.78, 5) is 31.5. The second kappa shape index (κ2) is 10.1. The summed E-state index contributed by atoms with van der Waals surface area (Å²) in [5.41, 5.74) is 15.1. The van der Waals surface area contributed by atoms with Crippen LogP contribution in [-0.4, -0.2) is 58.1 Å². The number of nitro groups is 1. The molecule has 36 heavy (non-hydrogen) atoms. The summed E-state index contributed by atoms with van der Waals surface area (Å²) in [6.07, 6.45) is -0.556. The first kappa shape index (κ1) is 24.7.